The number of rotatable bonds is 10. The average Bonchev–Trinajstić information content (AvgIpc) is 2.89. The second kappa shape index (κ2) is 12.4. The second-order valence-corrected chi connectivity index (χ2v) is 8.26. The predicted octanol–water partition coefficient (Wildman–Crippen LogP) is 3.00. The van der Waals surface area contributed by atoms with Crippen molar-refractivity contribution in [1.29, 1.82) is 0 Å². The number of esters is 1. The number of ketones is 1. The minimum Gasteiger partial charge on any atom is -0.467 e. The molecule has 0 saturated heterocycles. The lowest BCUT2D eigenvalue weighted by atomic mass is 9.99. The number of hydrogen-bond acceptors (Lipinski definition) is 5. The molecule has 8 heteroatoms. The van der Waals surface area contributed by atoms with Gasteiger partial charge < -0.3 is 15.4 Å². The van der Waals surface area contributed by atoms with Crippen LogP contribution in [0.25, 0.3) is 0 Å². The van der Waals surface area contributed by atoms with Gasteiger partial charge in [0.15, 0.2) is 5.78 Å². The van der Waals surface area contributed by atoms with Crippen molar-refractivity contribution in [2.45, 2.75) is 31.8 Å². The number of hydrogen-bond donors (Lipinski definition) is 2. The molecule has 0 aliphatic heterocycles. The van der Waals surface area contributed by atoms with Gasteiger partial charge in [0, 0.05) is 30.9 Å². The van der Waals surface area contributed by atoms with Crippen molar-refractivity contribution in [2.24, 2.45) is 0 Å². The Balaban J connectivity index is 1.72. The van der Waals surface area contributed by atoms with Crippen LogP contribution in [0.4, 0.5) is 4.39 Å². The van der Waals surface area contributed by atoms with E-state index in [1.807, 2.05) is 6.07 Å². The second-order valence-electron chi connectivity index (χ2n) is 8.26. The van der Waals surface area contributed by atoms with E-state index in [0.29, 0.717) is 22.3 Å². The van der Waals surface area contributed by atoms with Gasteiger partial charge in [0.1, 0.15) is 17.9 Å². The Morgan fingerprint density at radius 1 is 0.750 bits per heavy atom. The largest absolute Gasteiger partial charge is 0.467 e. The van der Waals surface area contributed by atoms with Crippen LogP contribution < -0.4 is 10.6 Å². The summed E-state index contributed by atoms with van der Waals surface area (Å²) in [5, 5.41) is 5.22. The zero-order chi connectivity index (χ0) is 26.1. The Hall–Kier alpha value is -4.33. The highest BCUT2D eigenvalue weighted by atomic mass is 19.1. The van der Waals surface area contributed by atoms with Crippen LogP contribution in [0.5, 0.6) is 0 Å². The summed E-state index contributed by atoms with van der Waals surface area (Å²) < 4.78 is 18.1. The van der Waals surface area contributed by atoms with Crippen molar-refractivity contribution < 1.29 is 28.3 Å². The number of ether oxygens (including phenoxy) is 1. The SMILES string of the molecule is COC(=O)[C@H](Cc1ccc(C(=O)c2ccccc2)cc1)NC(=O)[C@@H](Cc1ccc(F)cc1)NC(C)=O. The van der Waals surface area contributed by atoms with E-state index in [2.05, 4.69) is 10.6 Å². The molecule has 0 saturated carbocycles. The standard InChI is InChI=1S/C28H27FN2O5/c1-18(32)30-24(16-20-10-14-23(29)15-11-20)27(34)31-25(28(35)36-2)17-19-8-12-22(13-9-19)26(33)21-6-4-3-5-7-21/h3-15,24-25H,16-17H2,1-2H3,(H,30,32)(H,31,34)/t24-,25+/m1/s1. The first kappa shape index (κ1) is 26.3. The summed E-state index contributed by atoms with van der Waals surface area (Å²) in [6.45, 7) is 1.28. The smallest absolute Gasteiger partial charge is 0.328 e. The molecule has 36 heavy (non-hydrogen) atoms. The van der Waals surface area contributed by atoms with Crippen molar-refractivity contribution >= 4 is 23.6 Å². The fourth-order valence-electron chi connectivity index (χ4n) is 3.70. The first-order valence-corrected chi connectivity index (χ1v) is 11.3. The van der Waals surface area contributed by atoms with Crippen LogP contribution >= 0.6 is 0 Å². The van der Waals surface area contributed by atoms with Crippen LogP contribution in [-0.4, -0.2) is 42.8 Å². The minimum absolute atomic E-state index is 0.107. The molecule has 0 heterocycles. The lowest BCUT2D eigenvalue weighted by Crippen LogP contribution is -2.53. The minimum atomic E-state index is -1.03. The Bertz CT molecular complexity index is 1210. The Kier molecular flexibility index (Phi) is 9.05. The van der Waals surface area contributed by atoms with E-state index in [4.69, 9.17) is 4.74 Å². The number of carbonyl (C=O) groups is 4. The Morgan fingerprint density at radius 2 is 1.28 bits per heavy atom. The quantitative estimate of drug-likeness (QED) is 0.336. The Labute approximate surface area is 208 Å². The van der Waals surface area contributed by atoms with Gasteiger partial charge in [-0.2, -0.15) is 0 Å². The molecule has 186 valence electrons. The molecule has 0 radical (unpaired) electrons. The number of nitrogens with one attached hydrogen (secondary N) is 2. The summed E-state index contributed by atoms with van der Waals surface area (Å²) in [4.78, 5) is 49.8. The van der Waals surface area contributed by atoms with Gasteiger partial charge >= 0.3 is 5.97 Å². The van der Waals surface area contributed by atoms with Crippen LogP contribution in [0.15, 0.2) is 78.9 Å². The third-order valence-corrected chi connectivity index (χ3v) is 5.54. The fourth-order valence-corrected chi connectivity index (χ4v) is 3.70. The van der Waals surface area contributed by atoms with E-state index in [1.54, 1.807) is 48.5 Å². The molecular formula is C28H27FN2O5. The van der Waals surface area contributed by atoms with E-state index in [-0.39, 0.29) is 18.6 Å². The van der Waals surface area contributed by atoms with Gasteiger partial charge in [-0.15, -0.1) is 0 Å². The first-order chi connectivity index (χ1) is 17.3. The fraction of sp³-hybridized carbons (Fsp3) is 0.214. The molecule has 2 atom stereocenters. The molecule has 2 N–H and O–H groups in total. The zero-order valence-electron chi connectivity index (χ0n) is 20.0. The average molecular weight is 491 g/mol. The van der Waals surface area contributed by atoms with Gasteiger partial charge in [-0.3, -0.25) is 14.4 Å². The summed E-state index contributed by atoms with van der Waals surface area (Å²) in [5.41, 5.74) is 2.40. The summed E-state index contributed by atoms with van der Waals surface area (Å²) in [5.74, 6) is -2.21. The molecule has 2 amide bonds. The molecule has 0 aromatic heterocycles. The van der Waals surface area contributed by atoms with Gasteiger partial charge in [-0.25, -0.2) is 9.18 Å². The van der Waals surface area contributed by atoms with Gasteiger partial charge in [0.25, 0.3) is 0 Å². The number of amides is 2. The third kappa shape index (κ3) is 7.33. The van der Waals surface area contributed by atoms with E-state index < -0.39 is 35.7 Å². The van der Waals surface area contributed by atoms with Crippen LogP contribution in [0, 0.1) is 5.82 Å². The molecule has 0 aliphatic carbocycles. The van der Waals surface area contributed by atoms with Gasteiger partial charge in [-0.1, -0.05) is 66.7 Å². The monoisotopic (exact) mass is 490 g/mol. The van der Waals surface area contributed by atoms with Gasteiger partial charge in [0.2, 0.25) is 11.8 Å². The summed E-state index contributed by atoms with van der Waals surface area (Å²) >= 11 is 0. The van der Waals surface area contributed by atoms with Crippen LogP contribution in [0.3, 0.4) is 0 Å². The van der Waals surface area contributed by atoms with Crippen molar-refractivity contribution in [2.75, 3.05) is 7.11 Å². The third-order valence-electron chi connectivity index (χ3n) is 5.54. The molecular weight excluding hydrogens is 463 g/mol. The lowest BCUT2D eigenvalue weighted by Gasteiger charge is -2.22. The maximum Gasteiger partial charge on any atom is 0.328 e. The van der Waals surface area contributed by atoms with E-state index in [9.17, 15) is 23.6 Å². The molecule has 3 aromatic rings. The number of methoxy groups -OCH3 is 1. The van der Waals surface area contributed by atoms with Crippen LogP contribution in [0.2, 0.25) is 0 Å². The normalized spacial score (nSPS) is 12.2. The number of carbonyl (C=O) groups excluding carboxylic acids is 4. The van der Waals surface area contributed by atoms with Crippen LogP contribution in [-0.2, 0) is 32.0 Å². The highest BCUT2D eigenvalue weighted by Gasteiger charge is 2.27. The molecule has 0 spiro atoms. The van der Waals surface area contributed by atoms with Gasteiger partial charge in [-0.05, 0) is 23.3 Å². The topological polar surface area (TPSA) is 102 Å². The van der Waals surface area contributed by atoms with E-state index in [1.165, 1.54) is 38.3 Å². The highest BCUT2D eigenvalue weighted by Crippen LogP contribution is 2.13. The molecule has 0 aliphatic rings. The molecule has 3 rings (SSSR count). The van der Waals surface area contributed by atoms with Gasteiger partial charge in [0.05, 0.1) is 7.11 Å². The first-order valence-electron chi connectivity index (χ1n) is 11.3. The maximum atomic E-state index is 13.2. The molecule has 0 unspecified atom stereocenters. The summed E-state index contributed by atoms with van der Waals surface area (Å²) in [6.07, 6.45) is 0.220. The van der Waals surface area contributed by atoms with E-state index >= 15 is 0 Å². The molecule has 0 bridgehead atoms. The summed E-state index contributed by atoms with van der Waals surface area (Å²) in [7, 11) is 1.22. The number of benzene rings is 3. The number of halogens is 1. The molecule has 7 nitrogen and oxygen atoms in total. The molecule has 3 aromatic carbocycles. The Morgan fingerprint density at radius 3 is 1.83 bits per heavy atom. The molecule has 0 fully saturated rings. The predicted molar refractivity (Wildman–Crippen MR) is 132 cm³/mol. The summed E-state index contributed by atoms with van der Waals surface area (Å²) in [6, 6.07) is 19.2. The van der Waals surface area contributed by atoms with Crippen molar-refractivity contribution in [3.05, 3.63) is 107 Å². The highest BCUT2D eigenvalue weighted by molar-refractivity contribution is 6.08. The van der Waals surface area contributed by atoms with E-state index in [0.717, 1.165) is 0 Å². The maximum absolute atomic E-state index is 13.2. The van der Waals surface area contributed by atoms with Crippen molar-refractivity contribution in [3.8, 4) is 0 Å². The van der Waals surface area contributed by atoms with Crippen molar-refractivity contribution in [3.63, 3.8) is 0 Å². The van der Waals surface area contributed by atoms with Crippen molar-refractivity contribution in [1.82, 2.24) is 10.6 Å². The lowest BCUT2D eigenvalue weighted by molar-refractivity contribution is -0.145. The van der Waals surface area contributed by atoms with Crippen LogP contribution in [0.1, 0.15) is 34.0 Å². The zero-order valence-corrected chi connectivity index (χ0v) is 20.0.